The van der Waals surface area contributed by atoms with Crippen LogP contribution >= 0.6 is 11.6 Å². The number of rotatable bonds is 3. The first kappa shape index (κ1) is 17.2. The summed E-state index contributed by atoms with van der Waals surface area (Å²) in [5.74, 6) is 2.07. The van der Waals surface area contributed by atoms with Gasteiger partial charge in [-0.3, -0.25) is 5.32 Å². The maximum absolute atomic E-state index is 13.0. The minimum absolute atomic E-state index is 0.202. The molecule has 0 spiro atoms. The Morgan fingerprint density at radius 1 is 1.32 bits per heavy atom. The van der Waals surface area contributed by atoms with Gasteiger partial charge in [0.05, 0.1) is 5.69 Å². The van der Waals surface area contributed by atoms with Crippen molar-refractivity contribution in [3.63, 3.8) is 0 Å². The van der Waals surface area contributed by atoms with Crippen molar-refractivity contribution in [3.05, 3.63) is 52.8 Å². The van der Waals surface area contributed by atoms with Gasteiger partial charge in [0.2, 0.25) is 0 Å². The molecule has 6 rings (SSSR count). The minimum Gasteiger partial charge on any atom is -0.337 e. The molecule has 3 fully saturated rings. The Hall–Kier alpha value is -2.87. The maximum atomic E-state index is 13.0. The predicted molar refractivity (Wildman–Crippen MR) is 102 cm³/mol. The second kappa shape index (κ2) is 6.07. The number of halogens is 1. The zero-order valence-corrected chi connectivity index (χ0v) is 16.3. The van der Waals surface area contributed by atoms with Crippen LogP contribution in [0.25, 0.3) is 5.69 Å². The van der Waals surface area contributed by atoms with Crippen molar-refractivity contribution in [3.8, 4) is 5.69 Å². The Labute approximate surface area is 166 Å². The van der Waals surface area contributed by atoms with Crippen LogP contribution in [0.2, 0.25) is 5.02 Å². The Balaban J connectivity index is 1.38. The zero-order valence-electron chi connectivity index (χ0n) is 15.5. The van der Waals surface area contributed by atoms with Crippen LogP contribution in [-0.2, 0) is 5.54 Å². The van der Waals surface area contributed by atoms with Crippen molar-refractivity contribution in [1.82, 2.24) is 24.8 Å². The van der Waals surface area contributed by atoms with Crippen LogP contribution in [0.3, 0.4) is 0 Å². The third kappa shape index (κ3) is 2.59. The highest BCUT2D eigenvalue weighted by Crippen LogP contribution is 2.56. The van der Waals surface area contributed by atoms with Gasteiger partial charge in [0, 0.05) is 23.3 Å². The lowest BCUT2D eigenvalue weighted by Gasteiger charge is -2.38. The highest BCUT2D eigenvalue weighted by molar-refractivity contribution is 6.30. The average molecular weight is 399 g/mol. The number of fused-ring (bicyclic) bond motifs is 1. The fourth-order valence-electron chi connectivity index (χ4n) is 4.31. The summed E-state index contributed by atoms with van der Waals surface area (Å²) in [5, 5.41) is 12.0. The maximum Gasteiger partial charge on any atom is 0.323 e. The molecule has 0 unspecified atom stereocenters. The van der Waals surface area contributed by atoms with E-state index in [1.165, 1.54) is 0 Å². The van der Waals surface area contributed by atoms with Crippen molar-refractivity contribution in [2.24, 2.45) is 5.92 Å². The first-order chi connectivity index (χ1) is 13.4. The van der Waals surface area contributed by atoms with Gasteiger partial charge in [0.1, 0.15) is 5.54 Å². The number of benzene rings is 1. The molecule has 1 aliphatic carbocycles. The first-order valence-electron chi connectivity index (χ1n) is 9.17. The van der Waals surface area contributed by atoms with Gasteiger partial charge in [0.15, 0.2) is 11.6 Å². The summed E-state index contributed by atoms with van der Waals surface area (Å²) in [5.41, 5.74) is 1.25. The highest BCUT2D eigenvalue weighted by atomic mass is 35.5. The van der Waals surface area contributed by atoms with Crippen LogP contribution in [0, 0.1) is 19.8 Å². The standard InChI is InChI=1S/C19H19ClN6O2/c1-11-6-16(23-26(11)15-5-3-4-14(20)7-15)22-18(27)25-10-13-8-19(25,9-13)17-21-12(2)24-28-17/h3-7,13H,8-10H2,1-2H3,(H,22,23,27). The summed E-state index contributed by atoms with van der Waals surface area (Å²) in [6.07, 6.45) is 1.72. The molecule has 0 radical (unpaired) electrons. The molecule has 28 heavy (non-hydrogen) atoms. The number of urea groups is 1. The Bertz CT molecular complexity index is 1070. The lowest BCUT2D eigenvalue weighted by molar-refractivity contribution is 0.0897. The second-order valence-electron chi connectivity index (χ2n) is 7.56. The molecule has 0 atom stereocenters. The second-order valence-corrected chi connectivity index (χ2v) is 7.99. The van der Waals surface area contributed by atoms with Gasteiger partial charge >= 0.3 is 6.03 Å². The molecule has 8 nitrogen and oxygen atoms in total. The molecule has 1 aromatic carbocycles. The summed E-state index contributed by atoms with van der Waals surface area (Å²) in [7, 11) is 0. The van der Waals surface area contributed by atoms with Gasteiger partial charge < -0.3 is 9.42 Å². The normalized spacial score (nSPS) is 23.0. The van der Waals surface area contributed by atoms with E-state index in [1.807, 2.05) is 37.3 Å². The van der Waals surface area contributed by atoms with Crippen LogP contribution in [0.4, 0.5) is 10.6 Å². The van der Waals surface area contributed by atoms with E-state index >= 15 is 0 Å². The summed E-state index contributed by atoms with van der Waals surface area (Å²) in [6, 6.07) is 9.05. The van der Waals surface area contributed by atoms with Gasteiger partial charge in [-0.05, 0) is 50.8 Å². The molecule has 2 aliphatic heterocycles. The summed E-state index contributed by atoms with van der Waals surface area (Å²) >= 11 is 6.08. The van der Waals surface area contributed by atoms with Crippen molar-refractivity contribution in [2.75, 3.05) is 11.9 Å². The van der Waals surface area contributed by atoms with Gasteiger partial charge in [-0.1, -0.05) is 22.8 Å². The van der Waals surface area contributed by atoms with Crippen LogP contribution in [0.5, 0.6) is 0 Å². The molecular weight excluding hydrogens is 380 g/mol. The molecule has 2 bridgehead atoms. The number of carbonyl (C=O) groups is 1. The van der Waals surface area contributed by atoms with E-state index in [0.29, 0.717) is 35.0 Å². The molecule has 144 valence electrons. The van der Waals surface area contributed by atoms with Crippen molar-refractivity contribution < 1.29 is 9.32 Å². The first-order valence-corrected chi connectivity index (χ1v) is 9.54. The molecular formula is C19H19ClN6O2. The fraction of sp³-hybridized carbons (Fsp3) is 0.368. The molecule has 1 N–H and O–H groups in total. The topological polar surface area (TPSA) is 89.1 Å². The largest absolute Gasteiger partial charge is 0.337 e. The zero-order chi connectivity index (χ0) is 19.5. The number of nitrogens with one attached hydrogen (secondary N) is 1. The number of aryl methyl sites for hydroxylation is 2. The average Bonchev–Trinajstić information content (AvgIpc) is 3.36. The Morgan fingerprint density at radius 2 is 2.14 bits per heavy atom. The number of hydrogen-bond acceptors (Lipinski definition) is 5. The predicted octanol–water partition coefficient (Wildman–Crippen LogP) is 3.68. The third-order valence-electron chi connectivity index (χ3n) is 5.56. The van der Waals surface area contributed by atoms with E-state index in [1.54, 1.807) is 16.5 Å². The molecule has 3 aromatic rings. The van der Waals surface area contributed by atoms with E-state index in [2.05, 4.69) is 20.6 Å². The van der Waals surface area contributed by atoms with E-state index in [4.69, 9.17) is 16.1 Å². The number of amides is 2. The van der Waals surface area contributed by atoms with Crippen LogP contribution in [0.1, 0.15) is 30.3 Å². The van der Waals surface area contributed by atoms with E-state index in [9.17, 15) is 4.79 Å². The van der Waals surface area contributed by atoms with E-state index < -0.39 is 5.54 Å². The minimum atomic E-state index is -0.486. The molecule has 9 heteroatoms. The summed E-state index contributed by atoms with van der Waals surface area (Å²) in [6.45, 7) is 4.39. The molecule has 2 amide bonds. The van der Waals surface area contributed by atoms with Crippen LogP contribution in [0.15, 0.2) is 34.9 Å². The Kier molecular flexibility index (Phi) is 3.74. The molecule has 2 saturated heterocycles. The lowest BCUT2D eigenvalue weighted by atomic mass is 9.73. The van der Waals surface area contributed by atoms with Crippen molar-refractivity contribution in [1.29, 1.82) is 0 Å². The number of hydrogen-bond donors (Lipinski definition) is 1. The highest BCUT2D eigenvalue weighted by Gasteiger charge is 2.62. The fourth-order valence-corrected chi connectivity index (χ4v) is 4.50. The van der Waals surface area contributed by atoms with Gasteiger partial charge in [-0.15, -0.1) is 5.10 Å². The van der Waals surface area contributed by atoms with Crippen molar-refractivity contribution >= 4 is 23.4 Å². The third-order valence-corrected chi connectivity index (χ3v) is 5.79. The smallest absolute Gasteiger partial charge is 0.323 e. The summed E-state index contributed by atoms with van der Waals surface area (Å²) in [4.78, 5) is 19.2. The quantitative estimate of drug-likeness (QED) is 0.726. The monoisotopic (exact) mass is 398 g/mol. The van der Waals surface area contributed by atoms with E-state index in [0.717, 1.165) is 24.2 Å². The SMILES string of the molecule is Cc1noc(C23CC(CN2C(=O)Nc2cc(C)n(-c4cccc(Cl)c4)n2)C3)n1. The number of anilines is 1. The molecule has 2 aromatic heterocycles. The molecule has 3 aliphatic rings. The van der Waals surface area contributed by atoms with Gasteiger partial charge in [-0.2, -0.15) is 4.98 Å². The van der Waals surface area contributed by atoms with Crippen LogP contribution in [-0.4, -0.2) is 37.4 Å². The van der Waals surface area contributed by atoms with Crippen LogP contribution < -0.4 is 5.32 Å². The van der Waals surface area contributed by atoms with E-state index in [-0.39, 0.29) is 6.03 Å². The lowest BCUT2D eigenvalue weighted by Crippen LogP contribution is -2.47. The summed E-state index contributed by atoms with van der Waals surface area (Å²) < 4.78 is 7.15. The Morgan fingerprint density at radius 3 is 2.86 bits per heavy atom. The number of carbonyl (C=O) groups excluding carboxylic acids is 1. The number of nitrogens with zero attached hydrogens (tertiary/aromatic N) is 5. The molecule has 4 heterocycles. The van der Waals surface area contributed by atoms with Gasteiger partial charge in [-0.25, -0.2) is 9.48 Å². The van der Waals surface area contributed by atoms with Crippen molar-refractivity contribution in [2.45, 2.75) is 32.2 Å². The van der Waals surface area contributed by atoms with Gasteiger partial charge in [0.25, 0.3) is 5.89 Å². The molecule has 1 saturated carbocycles. The number of aromatic nitrogens is 4.